The summed E-state index contributed by atoms with van der Waals surface area (Å²) >= 11 is 5.92. The van der Waals surface area contributed by atoms with Crippen molar-refractivity contribution in [3.05, 3.63) is 47.2 Å². The van der Waals surface area contributed by atoms with Crippen molar-refractivity contribution in [3.8, 4) is 5.75 Å². The average Bonchev–Trinajstić information content (AvgIpc) is 2.41. The molecule has 0 aliphatic carbocycles. The number of sulfonamides is 1. The third-order valence-electron chi connectivity index (χ3n) is 2.71. The number of nitrogen functional groups attached to an aromatic ring is 1. The number of nitrogens with two attached hydrogens (primary N) is 1. The van der Waals surface area contributed by atoms with Crippen molar-refractivity contribution >= 4 is 33.0 Å². The molecule has 112 valence electrons. The van der Waals surface area contributed by atoms with Crippen LogP contribution in [0.15, 0.2) is 41.3 Å². The first kappa shape index (κ1) is 15.4. The van der Waals surface area contributed by atoms with E-state index in [1.165, 1.54) is 37.4 Å². The highest BCUT2D eigenvalue weighted by Crippen LogP contribution is 2.29. The molecule has 2 aromatic rings. The number of para-hydroxylation sites is 1. The Morgan fingerprint density at radius 1 is 1.29 bits per heavy atom. The second-order valence-electron chi connectivity index (χ2n) is 4.11. The topological polar surface area (TPSA) is 81.4 Å². The molecule has 0 atom stereocenters. The Labute approximate surface area is 126 Å². The van der Waals surface area contributed by atoms with Crippen molar-refractivity contribution in [1.29, 1.82) is 0 Å². The highest BCUT2D eigenvalue weighted by molar-refractivity contribution is 7.92. The number of nitrogens with one attached hydrogen (secondary N) is 1. The van der Waals surface area contributed by atoms with Crippen molar-refractivity contribution < 1.29 is 17.5 Å². The standard InChI is InChI=1S/C13H12ClFN2O3S/c1-20-11-6-5-8(7-9(11)14)17-21(18,19)12-4-2-3-10(15)13(12)16/h2-7,17H,16H2,1H3. The molecule has 0 heterocycles. The van der Waals surface area contributed by atoms with E-state index in [0.29, 0.717) is 5.75 Å². The van der Waals surface area contributed by atoms with Crippen LogP contribution in [-0.4, -0.2) is 15.5 Å². The van der Waals surface area contributed by atoms with Gasteiger partial charge >= 0.3 is 0 Å². The zero-order chi connectivity index (χ0) is 15.6. The summed E-state index contributed by atoms with van der Waals surface area (Å²) in [5.74, 6) is -0.393. The summed E-state index contributed by atoms with van der Waals surface area (Å²) in [6.45, 7) is 0. The lowest BCUT2D eigenvalue weighted by Gasteiger charge is -2.11. The molecule has 0 unspecified atom stereocenters. The molecule has 0 amide bonds. The second kappa shape index (κ2) is 5.79. The molecule has 8 heteroatoms. The van der Waals surface area contributed by atoms with Crippen LogP contribution in [0, 0.1) is 5.82 Å². The number of hydrogen-bond donors (Lipinski definition) is 2. The number of benzene rings is 2. The molecule has 0 aliphatic heterocycles. The smallest absolute Gasteiger partial charge is 0.264 e. The largest absolute Gasteiger partial charge is 0.495 e. The van der Waals surface area contributed by atoms with Gasteiger partial charge in [0.05, 0.1) is 23.5 Å². The molecule has 0 radical (unpaired) electrons. The van der Waals surface area contributed by atoms with Crippen molar-refractivity contribution in [2.24, 2.45) is 0 Å². The van der Waals surface area contributed by atoms with Gasteiger partial charge < -0.3 is 10.5 Å². The minimum absolute atomic E-state index is 0.212. The monoisotopic (exact) mass is 330 g/mol. The molecule has 0 saturated carbocycles. The van der Waals surface area contributed by atoms with Gasteiger partial charge in [-0.05, 0) is 30.3 Å². The molecule has 0 saturated heterocycles. The van der Waals surface area contributed by atoms with E-state index in [1.807, 2.05) is 0 Å². The summed E-state index contributed by atoms with van der Waals surface area (Å²) in [4.78, 5) is -0.338. The third kappa shape index (κ3) is 3.20. The van der Waals surface area contributed by atoms with Crippen LogP contribution in [0.5, 0.6) is 5.75 Å². The maximum Gasteiger partial charge on any atom is 0.264 e. The van der Waals surface area contributed by atoms with Gasteiger partial charge in [0.15, 0.2) is 0 Å². The highest BCUT2D eigenvalue weighted by Gasteiger charge is 2.20. The predicted molar refractivity (Wildman–Crippen MR) is 79.6 cm³/mol. The van der Waals surface area contributed by atoms with Crippen LogP contribution in [0.1, 0.15) is 0 Å². The molecule has 21 heavy (non-hydrogen) atoms. The van der Waals surface area contributed by atoms with E-state index in [0.717, 1.165) is 6.07 Å². The van der Waals surface area contributed by atoms with E-state index < -0.39 is 21.5 Å². The van der Waals surface area contributed by atoms with Crippen molar-refractivity contribution in [2.45, 2.75) is 4.90 Å². The Morgan fingerprint density at radius 3 is 2.62 bits per heavy atom. The van der Waals surface area contributed by atoms with Crippen molar-refractivity contribution in [1.82, 2.24) is 0 Å². The van der Waals surface area contributed by atoms with Gasteiger partial charge in [-0.2, -0.15) is 0 Å². The minimum atomic E-state index is -4.02. The average molecular weight is 331 g/mol. The fourth-order valence-corrected chi connectivity index (χ4v) is 3.14. The lowest BCUT2D eigenvalue weighted by Crippen LogP contribution is -2.15. The summed E-state index contributed by atoms with van der Waals surface area (Å²) in [7, 11) is -2.57. The quantitative estimate of drug-likeness (QED) is 0.845. The maximum absolute atomic E-state index is 13.4. The SMILES string of the molecule is COc1ccc(NS(=O)(=O)c2cccc(F)c2N)cc1Cl. The van der Waals surface area contributed by atoms with E-state index >= 15 is 0 Å². The Bertz CT molecular complexity index is 781. The molecule has 2 rings (SSSR count). The zero-order valence-corrected chi connectivity index (χ0v) is 12.5. The second-order valence-corrected chi connectivity index (χ2v) is 6.16. The van der Waals surface area contributed by atoms with Crippen LogP contribution < -0.4 is 15.2 Å². The molecule has 2 aromatic carbocycles. The number of rotatable bonds is 4. The van der Waals surface area contributed by atoms with Gasteiger partial charge in [-0.1, -0.05) is 17.7 Å². The molecular weight excluding hydrogens is 319 g/mol. The van der Waals surface area contributed by atoms with E-state index in [1.54, 1.807) is 0 Å². The summed E-state index contributed by atoms with van der Waals surface area (Å²) in [5.41, 5.74) is 5.23. The highest BCUT2D eigenvalue weighted by atomic mass is 35.5. The molecule has 0 spiro atoms. The Balaban J connectivity index is 2.38. The molecule has 3 N–H and O–H groups in total. The van der Waals surface area contributed by atoms with E-state index in [-0.39, 0.29) is 15.6 Å². The van der Waals surface area contributed by atoms with Crippen molar-refractivity contribution in [3.63, 3.8) is 0 Å². The summed E-state index contributed by atoms with van der Waals surface area (Å²) < 4.78 is 45.0. The normalized spacial score (nSPS) is 11.2. The number of anilines is 2. The molecule has 0 aliphatic rings. The Hall–Kier alpha value is -1.99. The fraction of sp³-hybridized carbons (Fsp3) is 0.0769. The number of ether oxygens (including phenoxy) is 1. The van der Waals surface area contributed by atoms with Gasteiger partial charge in [-0.15, -0.1) is 0 Å². The lowest BCUT2D eigenvalue weighted by atomic mass is 10.3. The minimum Gasteiger partial charge on any atom is -0.495 e. The first-order valence-electron chi connectivity index (χ1n) is 5.75. The van der Waals surface area contributed by atoms with Gasteiger partial charge in [0.25, 0.3) is 10.0 Å². The summed E-state index contributed by atoms with van der Waals surface area (Å²) in [6.07, 6.45) is 0. The fourth-order valence-electron chi connectivity index (χ4n) is 1.69. The van der Waals surface area contributed by atoms with Gasteiger partial charge in [0.1, 0.15) is 16.5 Å². The van der Waals surface area contributed by atoms with Gasteiger partial charge in [-0.25, -0.2) is 12.8 Å². The molecule has 0 fully saturated rings. The van der Waals surface area contributed by atoms with Crippen LogP contribution in [0.25, 0.3) is 0 Å². The Kier molecular flexibility index (Phi) is 4.24. The van der Waals surface area contributed by atoms with Crippen molar-refractivity contribution in [2.75, 3.05) is 17.6 Å². The number of methoxy groups -OCH3 is 1. The lowest BCUT2D eigenvalue weighted by molar-refractivity contribution is 0.415. The first-order valence-corrected chi connectivity index (χ1v) is 7.61. The van der Waals surface area contributed by atoms with Gasteiger partial charge in [0, 0.05) is 0 Å². The predicted octanol–water partition coefficient (Wildman–Crippen LogP) is 2.87. The molecule has 5 nitrogen and oxygen atoms in total. The summed E-state index contributed by atoms with van der Waals surface area (Å²) in [5, 5.41) is 0.241. The molecular formula is C13H12ClFN2O3S. The van der Waals surface area contributed by atoms with E-state index in [4.69, 9.17) is 22.1 Å². The maximum atomic E-state index is 13.4. The third-order valence-corrected chi connectivity index (χ3v) is 4.44. The van der Waals surface area contributed by atoms with Gasteiger partial charge in [0.2, 0.25) is 0 Å². The number of hydrogen-bond acceptors (Lipinski definition) is 4. The summed E-state index contributed by atoms with van der Waals surface area (Å²) in [6, 6.07) is 7.92. The van der Waals surface area contributed by atoms with Crippen LogP contribution in [-0.2, 0) is 10.0 Å². The molecule has 0 bridgehead atoms. The van der Waals surface area contributed by atoms with E-state index in [9.17, 15) is 12.8 Å². The van der Waals surface area contributed by atoms with Crippen LogP contribution >= 0.6 is 11.6 Å². The van der Waals surface area contributed by atoms with E-state index in [2.05, 4.69) is 4.72 Å². The van der Waals surface area contributed by atoms with Crippen LogP contribution in [0.2, 0.25) is 5.02 Å². The van der Waals surface area contributed by atoms with Gasteiger partial charge in [-0.3, -0.25) is 4.72 Å². The van der Waals surface area contributed by atoms with Crippen LogP contribution in [0.4, 0.5) is 15.8 Å². The van der Waals surface area contributed by atoms with Crippen LogP contribution in [0.3, 0.4) is 0 Å². The zero-order valence-electron chi connectivity index (χ0n) is 10.9. The first-order chi connectivity index (χ1) is 9.85. The Morgan fingerprint density at radius 2 is 2.00 bits per heavy atom. The molecule has 0 aromatic heterocycles. The number of halogens is 2.